The molecule has 2 aliphatic heterocycles. The average Bonchev–Trinajstić information content (AvgIpc) is 3.79. The van der Waals surface area contributed by atoms with E-state index in [4.69, 9.17) is 19.3 Å². The van der Waals surface area contributed by atoms with Crippen LogP contribution in [0.1, 0.15) is 74.8 Å². The number of anilines is 1. The number of benzene rings is 3. The maximum atomic E-state index is 14.9. The van der Waals surface area contributed by atoms with E-state index in [2.05, 4.69) is 34.6 Å². The maximum Gasteiger partial charge on any atom is 0.410 e. The molecule has 1 aliphatic carbocycles. The van der Waals surface area contributed by atoms with Gasteiger partial charge in [0, 0.05) is 50.0 Å². The molecule has 1 N–H and O–H groups in total. The summed E-state index contributed by atoms with van der Waals surface area (Å²) >= 11 is 0. The number of methoxy groups -OCH3 is 1. The fourth-order valence-electron chi connectivity index (χ4n) is 7.99. The topological polar surface area (TPSA) is 98.2 Å². The molecule has 3 aromatic carbocycles. The molecule has 3 heterocycles. The Bertz CT molecular complexity index is 1990. The molecule has 0 bridgehead atoms. The van der Waals surface area contributed by atoms with Gasteiger partial charge < -0.3 is 29.3 Å². The summed E-state index contributed by atoms with van der Waals surface area (Å²) in [7, 11) is 1.52. The molecule has 288 valence electrons. The molecule has 54 heavy (non-hydrogen) atoms. The first-order valence-electron chi connectivity index (χ1n) is 18.8. The minimum Gasteiger partial charge on any atom is -0.497 e. The highest BCUT2D eigenvalue weighted by Gasteiger charge is 2.40. The fourth-order valence-corrected chi connectivity index (χ4v) is 7.99. The summed E-state index contributed by atoms with van der Waals surface area (Å²) in [6, 6.07) is 14.0. The van der Waals surface area contributed by atoms with Gasteiger partial charge in [-0.2, -0.15) is 9.49 Å². The van der Waals surface area contributed by atoms with Crippen LogP contribution in [0.2, 0.25) is 0 Å². The van der Waals surface area contributed by atoms with Gasteiger partial charge in [0.2, 0.25) is 5.82 Å². The highest BCUT2D eigenvalue weighted by molar-refractivity contribution is 5.94. The van der Waals surface area contributed by atoms with Crippen molar-refractivity contribution in [1.82, 2.24) is 20.0 Å². The zero-order chi connectivity index (χ0) is 38.1. The number of hydrogen-bond acceptors (Lipinski definition) is 7. The molecule has 3 aliphatic rings. The quantitative estimate of drug-likeness (QED) is 0.174. The van der Waals surface area contributed by atoms with E-state index < -0.39 is 40.3 Å². The average molecular weight is 748 g/mol. The SMILES string of the molecule is COc1ccc(COc2c(F)cc(C(=O)NC[C@H]3CC[C@H](n4cc5ccc(N6CC[C@@H]7CN(C(=O)OC(C)(C)C)C[C@@H]7C6)cc5n4)CC3)c(F)c2F)cc1. The second-order valence-electron chi connectivity index (χ2n) is 15.9. The molecule has 1 aromatic heterocycles. The normalized spacial score (nSPS) is 21.5. The number of aromatic nitrogens is 2. The van der Waals surface area contributed by atoms with Gasteiger partial charge in [-0.25, -0.2) is 13.6 Å². The molecule has 2 amide bonds. The Hall–Kier alpha value is -4.94. The number of fused-ring (bicyclic) bond motifs is 2. The highest BCUT2D eigenvalue weighted by Crippen LogP contribution is 2.36. The Kier molecular flexibility index (Phi) is 10.7. The molecule has 13 heteroatoms. The molecule has 4 aromatic rings. The van der Waals surface area contributed by atoms with E-state index in [1.54, 1.807) is 24.3 Å². The van der Waals surface area contributed by atoms with E-state index in [1.807, 2.05) is 30.4 Å². The second-order valence-corrected chi connectivity index (χ2v) is 15.9. The molecular weight excluding hydrogens is 699 g/mol. The summed E-state index contributed by atoms with van der Waals surface area (Å²) in [6.45, 7) is 9.03. The van der Waals surface area contributed by atoms with Crippen LogP contribution < -0.4 is 19.7 Å². The summed E-state index contributed by atoms with van der Waals surface area (Å²) in [5.74, 6) is -4.27. The Morgan fingerprint density at radius 2 is 1.65 bits per heavy atom. The first-order valence-corrected chi connectivity index (χ1v) is 18.8. The zero-order valence-electron chi connectivity index (χ0n) is 31.2. The highest BCUT2D eigenvalue weighted by atomic mass is 19.2. The van der Waals surface area contributed by atoms with Crippen molar-refractivity contribution in [3.05, 3.63) is 83.3 Å². The van der Waals surface area contributed by atoms with Gasteiger partial charge in [0.1, 0.15) is 18.0 Å². The summed E-state index contributed by atoms with van der Waals surface area (Å²) in [4.78, 5) is 29.8. The van der Waals surface area contributed by atoms with Crippen LogP contribution in [0.25, 0.3) is 10.9 Å². The molecule has 0 unspecified atom stereocenters. The predicted molar refractivity (Wildman–Crippen MR) is 198 cm³/mol. The van der Waals surface area contributed by atoms with Crippen LogP contribution in [0.5, 0.6) is 11.5 Å². The molecule has 2 atom stereocenters. The Morgan fingerprint density at radius 3 is 2.37 bits per heavy atom. The van der Waals surface area contributed by atoms with Crippen LogP contribution in [0.3, 0.4) is 0 Å². The van der Waals surface area contributed by atoms with Gasteiger partial charge in [0.15, 0.2) is 17.4 Å². The van der Waals surface area contributed by atoms with E-state index in [9.17, 15) is 22.8 Å². The number of rotatable bonds is 9. The lowest BCUT2D eigenvalue weighted by atomic mass is 9.86. The standard InChI is InChI=1S/C41H48F3N5O5/c1-41(2,3)54-40(51)48-20-27-15-16-47(21-29(27)22-48)31-12-9-28-23-49(46-35(28)17-31)30-10-5-25(6-11-30)19-45-39(50)33-18-34(42)38(37(44)36(33)43)53-24-26-7-13-32(52-4)14-8-26/h7-9,12-14,17-18,23,25,27,29-30H,5-6,10-11,15-16,19-22,24H2,1-4H3,(H,45,50)/t25-,27-,29+,30-/m1/s1. The van der Waals surface area contributed by atoms with Gasteiger partial charge in [-0.15, -0.1) is 0 Å². The number of amides is 2. The smallest absolute Gasteiger partial charge is 0.410 e. The minimum absolute atomic E-state index is 0.136. The number of hydrogen-bond donors (Lipinski definition) is 1. The largest absolute Gasteiger partial charge is 0.497 e. The van der Waals surface area contributed by atoms with Gasteiger partial charge in [-0.05, 0) is 113 Å². The van der Waals surface area contributed by atoms with Crippen LogP contribution in [0.15, 0.2) is 54.7 Å². The van der Waals surface area contributed by atoms with Gasteiger partial charge in [-0.1, -0.05) is 12.1 Å². The molecular formula is C41H48F3N5O5. The fraction of sp³-hybridized carbons (Fsp3) is 0.488. The lowest BCUT2D eigenvalue weighted by Crippen LogP contribution is -2.40. The van der Waals surface area contributed by atoms with Crippen molar-refractivity contribution in [2.45, 2.75) is 71.1 Å². The van der Waals surface area contributed by atoms with Crippen LogP contribution >= 0.6 is 0 Å². The summed E-state index contributed by atoms with van der Waals surface area (Å²) in [6.07, 6.45) is 6.21. The third kappa shape index (κ3) is 8.24. The number of carbonyl (C=O) groups is 2. The molecule has 1 saturated carbocycles. The van der Waals surface area contributed by atoms with Gasteiger partial charge in [-0.3, -0.25) is 9.48 Å². The van der Waals surface area contributed by atoms with Gasteiger partial charge in [0.05, 0.1) is 24.2 Å². The molecule has 3 fully saturated rings. The number of ether oxygens (including phenoxy) is 3. The maximum absolute atomic E-state index is 14.9. The third-order valence-electron chi connectivity index (χ3n) is 11.0. The summed E-state index contributed by atoms with van der Waals surface area (Å²) < 4.78 is 62.6. The molecule has 2 saturated heterocycles. The van der Waals surface area contributed by atoms with Crippen LogP contribution in [-0.2, 0) is 11.3 Å². The first-order chi connectivity index (χ1) is 25.8. The zero-order valence-corrected chi connectivity index (χ0v) is 31.2. The number of nitrogens with zero attached hydrogens (tertiary/aromatic N) is 4. The van der Waals surface area contributed by atoms with Crippen molar-refractivity contribution < 1.29 is 37.0 Å². The Morgan fingerprint density at radius 1 is 0.907 bits per heavy atom. The van der Waals surface area contributed by atoms with Gasteiger partial charge in [0.25, 0.3) is 5.91 Å². The first kappa shape index (κ1) is 37.4. The summed E-state index contributed by atoms with van der Waals surface area (Å²) in [5.41, 5.74) is 1.46. The molecule has 0 spiro atoms. The number of nitrogens with one attached hydrogen (secondary N) is 1. The van der Waals surface area contributed by atoms with Crippen LogP contribution in [-0.4, -0.2) is 72.1 Å². The van der Waals surface area contributed by atoms with Crippen molar-refractivity contribution in [2.75, 3.05) is 44.7 Å². The van der Waals surface area contributed by atoms with Crippen molar-refractivity contribution in [2.24, 2.45) is 17.8 Å². The Labute approximate surface area is 313 Å². The van der Waals surface area contributed by atoms with E-state index >= 15 is 0 Å². The minimum atomic E-state index is -1.54. The monoisotopic (exact) mass is 747 g/mol. The lowest BCUT2D eigenvalue weighted by Gasteiger charge is -2.35. The van der Waals surface area contributed by atoms with Gasteiger partial charge >= 0.3 is 6.09 Å². The van der Waals surface area contributed by atoms with Crippen LogP contribution in [0.4, 0.5) is 23.7 Å². The number of halogens is 3. The van der Waals surface area contributed by atoms with E-state index in [0.717, 1.165) is 68.3 Å². The lowest BCUT2D eigenvalue weighted by molar-refractivity contribution is 0.0284. The number of carbonyl (C=O) groups excluding carboxylic acids is 2. The van der Waals surface area contributed by atoms with E-state index in [0.29, 0.717) is 35.8 Å². The molecule has 7 rings (SSSR count). The van der Waals surface area contributed by atoms with Crippen molar-refractivity contribution >= 4 is 28.6 Å². The summed E-state index contributed by atoms with van der Waals surface area (Å²) in [5, 5.41) is 8.71. The van der Waals surface area contributed by atoms with Crippen molar-refractivity contribution in [3.8, 4) is 11.5 Å². The van der Waals surface area contributed by atoms with Crippen LogP contribution in [0, 0.1) is 35.2 Å². The van der Waals surface area contributed by atoms with E-state index in [-0.39, 0.29) is 31.2 Å². The third-order valence-corrected chi connectivity index (χ3v) is 11.0. The van der Waals surface area contributed by atoms with Crippen molar-refractivity contribution in [1.29, 1.82) is 0 Å². The molecule has 0 radical (unpaired) electrons. The number of likely N-dealkylation sites (tertiary alicyclic amines) is 1. The molecule has 10 nitrogen and oxygen atoms in total. The predicted octanol–water partition coefficient (Wildman–Crippen LogP) is 7.90. The second kappa shape index (κ2) is 15.4. The number of piperidine rings is 1. The van der Waals surface area contributed by atoms with Crippen molar-refractivity contribution in [3.63, 3.8) is 0 Å². The van der Waals surface area contributed by atoms with E-state index in [1.165, 1.54) is 7.11 Å². The Balaban J connectivity index is 0.898.